The van der Waals surface area contributed by atoms with E-state index < -0.39 is 0 Å². The fourth-order valence-corrected chi connectivity index (χ4v) is 3.27. The van der Waals surface area contributed by atoms with Gasteiger partial charge in [0.25, 0.3) is 0 Å². The lowest BCUT2D eigenvalue weighted by Crippen LogP contribution is -2.16. The van der Waals surface area contributed by atoms with Crippen molar-refractivity contribution in [2.75, 3.05) is 11.6 Å². The molecule has 0 saturated heterocycles. The van der Waals surface area contributed by atoms with Crippen molar-refractivity contribution in [1.82, 2.24) is 19.9 Å². The fourth-order valence-electron chi connectivity index (χ4n) is 2.41. The minimum Gasteiger partial charge on any atom is -0.486 e. The van der Waals surface area contributed by atoms with Gasteiger partial charge in [-0.05, 0) is 47.7 Å². The molecule has 3 rings (SSSR count). The maximum atomic E-state index is 6.09. The zero-order chi connectivity index (χ0) is 18.4. The molecular formula is C19H23N5OS. The van der Waals surface area contributed by atoms with Crippen LogP contribution < -0.4 is 10.6 Å². The summed E-state index contributed by atoms with van der Waals surface area (Å²) < 4.78 is 7.27. The van der Waals surface area contributed by atoms with Crippen molar-refractivity contribution in [3.8, 4) is 5.75 Å². The molecule has 0 amide bonds. The summed E-state index contributed by atoms with van der Waals surface area (Å²) in [5, 5.41) is 8.98. The van der Waals surface area contributed by atoms with Crippen LogP contribution in [0.5, 0.6) is 5.75 Å². The first-order chi connectivity index (χ1) is 12.6. The molecule has 7 heteroatoms. The number of thioether (sulfide) groups is 1. The van der Waals surface area contributed by atoms with Crippen LogP contribution in [-0.4, -0.2) is 25.6 Å². The standard InChI is InChI=1S/C19H23N5OS/c1-14(2)16-3-5-17(6-4-16)25-13-18-22-23-19(24(18)20)26-12-9-15-7-10-21-11-8-15/h3-8,10-11,14H,9,12-13,20H2,1-2H3. The van der Waals surface area contributed by atoms with E-state index in [0.717, 1.165) is 17.9 Å². The highest BCUT2D eigenvalue weighted by atomic mass is 32.2. The molecule has 3 aromatic rings. The summed E-state index contributed by atoms with van der Waals surface area (Å²) in [5.41, 5.74) is 2.52. The van der Waals surface area contributed by atoms with Crippen LogP contribution in [0.2, 0.25) is 0 Å². The molecule has 0 radical (unpaired) electrons. The zero-order valence-corrected chi connectivity index (χ0v) is 15.8. The number of nitrogens with two attached hydrogens (primary N) is 1. The SMILES string of the molecule is CC(C)c1ccc(OCc2nnc(SCCc3ccncc3)n2N)cc1. The number of rotatable bonds is 8. The van der Waals surface area contributed by atoms with E-state index in [2.05, 4.69) is 41.2 Å². The molecule has 1 aromatic carbocycles. The van der Waals surface area contributed by atoms with Crippen molar-refractivity contribution in [2.24, 2.45) is 0 Å². The third-order valence-electron chi connectivity index (χ3n) is 4.02. The summed E-state index contributed by atoms with van der Waals surface area (Å²) in [6.45, 7) is 4.62. The molecule has 0 fully saturated rings. The molecule has 0 spiro atoms. The van der Waals surface area contributed by atoms with E-state index in [1.807, 2.05) is 24.3 Å². The molecule has 0 atom stereocenters. The molecule has 2 heterocycles. The van der Waals surface area contributed by atoms with Gasteiger partial charge in [-0.1, -0.05) is 37.7 Å². The second-order valence-electron chi connectivity index (χ2n) is 6.24. The highest BCUT2D eigenvalue weighted by molar-refractivity contribution is 7.99. The Morgan fingerprint density at radius 2 is 1.81 bits per heavy atom. The molecule has 0 aliphatic rings. The number of aryl methyl sites for hydroxylation is 1. The van der Waals surface area contributed by atoms with Crippen LogP contribution in [0.25, 0.3) is 0 Å². The number of benzene rings is 1. The van der Waals surface area contributed by atoms with Crippen molar-refractivity contribution < 1.29 is 4.74 Å². The summed E-state index contributed by atoms with van der Waals surface area (Å²) in [6.07, 6.45) is 4.53. The quantitative estimate of drug-likeness (QED) is 0.484. The van der Waals surface area contributed by atoms with Gasteiger partial charge in [-0.2, -0.15) is 0 Å². The van der Waals surface area contributed by atoms with Gasteiger partial charge in [0.15, 0.2) is 5.82 Å². The number of hydrogen-bond donors (Lipinski definition) is 1. The molecule has 0 unspecified atom stereocenters. The Hall–Kier alpha value is -2.54. The van der Waals surface area contributed by atoms with Crippen molar-refractivity contribution in [1.29, 1.82) is 0 Å². The van der Waals surface area contributed by atoms with Gasteiger partial charge in [-0.15, -0.1) is 10.2 Å². The van der Waals surface area contributed by atoms with Crippen molar-refractivity contribution in [3.63, 3.8) is 0 Å². The van der Waals surface area contributed by atoms with Gasteiger partial charge < -0.3 is 10.6 Å². The second kappa shape index (κ2) is 8.71. The summed E-state index contributed by atoms with van der Waals surface area (Å²) in [5.74, 6) is 8.86. The first-order valence-corrected chi connectivity index (χ1v) is 9.56. The number of pyridine rings is 1. The lowest BCUT2D eigenvalue weighted by atomic mass is 10.0. The van der Waals surface area contributed by atoms with Crippen LogP contribution in [0.3, 0.4) is 0 Å². The average molecular weight is 369 g/mol. The van der Waals surface area contributed by atoms with E-state index in [-0.39, 0.29) is 6.61 Å². The second-order valence-corrected chi connectivity index (χ2v) is 7.30. The zero-order valence-electron chi connectivity index (χ0n) is 15.0. The smallest absolute Gasteiger partial charge is 0.209 e. The number of nitrogens with zero attached hydrogens (tertiary/aromatic N) is 4. The largest absolute Gasteiger partial charge is 0.486 e. The first kappa shape index (κ1) is 18.3. The topological polar surface area (TPSA) is 78.9 Å². The van der Waals surface area contributed by atoms with Gasteiger partial charge >= 0.3 is 0 Å². The minimum atomic E-state index is 0.287. The van der Waals surface area contributed by atoms with Crippen LogP contribution >= 0.6 is 11.8 Å². The molecule has 2 N–H and O–H groups in total. The summed E-state index contributed by atoms with van der Waals surface area (Å²) >= 11 is 1.58. The number of aromatic nitrogens is 4. The van der Waals surface area contributed by atoms with Crippen molar-refractivity contribution >= 4 is 11.8 Å². The van der Waals surface area contributed by atoms with E-state index in [0.29, 0.717) is 16.9 Å². The third kappa shape index (κ3) is 4.76. The predicted molar refractivity (Wildman–Crippen MR) is 104 cm³/mol. The van der Waals surface area contributed by atoms with Gasteiger partial charge in [-0.25, -0.2) is 4.68 Å². The van der Waals surface area contributed by atoms with Crippen LogP contribution in [0, 0.1) is 0 Å². The van der Waals surface area contributed by atoms with Gasteiger partial charge in [0, 0.05) is 18.1 Å². The monoisotopic (exact) mass is 369 g/mol. The summed E-state index contributed by atoms with van der Waals surface area (Å²) in [7, 11) is 0. The van der Waals surface area contributed by atoms with Crippen LogP contribution in [-0.2, 0) is 13.0 Å². The lowest BCUT2D eigenvalue weighted by Gasteiger charge is -2.09. The Balaban J connectivity index is 1.51. The molecule has 26 heavy (non-hydrogen) atoms. The van der Waals surface area contributed by atoms with E-state index in [9.17, 15) is 0 Å². The van der Waals surface area contributed by atoms with E-state index in [1.165, 1.54) is 15.8 Å². The van der Waals surface area contributed by atoms with Gasteiger partial charge in [0.2, 0.25) is 5.16 Å². The fraction of sp³-hybridized carbons (Fsp3) is 0.316. The molecule has 6 nitrogen and oxygen atoms in total. The Labute approximate surface area is 157 Å². The van der Waals surface area contributed by atoms with Crippen LogP contribution in [0.15, 0.2) is 53.9 Å². The lowest BCUT2D eigenvalue weighted by molar-refractivity contribution is 0.291. The van der Waals surface area contributed by atoms with Crippen molar-refractivity contribution in [3.05, 3.63) is 65.7 Å². The Bertz CT molecular complexity index is 818. The molecule has 0 saturated carbocycles. The maximum absolute atomic E-state index is 6.09. The van der Waals surface area contributed by atoms with E-state index in [4.69, 9.17) is 10.6 Å². The predicted octanol–water partition coefficient (Wildman–Crippen LogP) is 3.42. The first-order valence-electron chi connectivity index (χ1n) is 8.57. The summed E-state index contributed by atoms with van der Waals surface area (Å²) in [4.78, 5) is 4.02. The molecule has 0 bridgehead atoms. The highest BCUT2D eigenvalue weighted by Gasteiger charge is 2.11. The van der Waals surface area contributed by atoms with Gasteiger partial charge in [0.05, 0.1) is 0 Å². The molecule has 2 aromatic heterocycles. The Kier molecular flexibility index (Phi) is 6.12. The highest BCUT2D eigenvalue weighted by Crippen LogP contribution is 2.20. The molecule has 136 valence electrons. The summed E-state index contributed by atoms with van der Waals surface area (Å²) in [6, 6.07) is 12.1. The molecular weight excluding hydrogens is 346 g/mol. The van der Waals surface area contributed by atoms with Gasteiger partial charge in [-0.3, -0.25) is 4.98 Å². The number of ether oxygens (including phenoxy) is 1. The number of nitrogen functional groups attached to an aromatic ring is 1. The van der Waals surface area contributed by atoms with Gasteiger partial charge in [0.1, 0.15) is 12.4 Å². The Morgan fingerprint density at radius 1 is 1.08 bits per heavy atom. The molecule has 0 aliphatic heterocycles. The van der Waals surface area contributed by atoms with Crippen molar-refractivity contribution in [2.45, 2.75) is 37.9 Å². The normalized spacial score (nSPS) is 11.0. The molecule has 0 aliphatic carbocycles. The van der Waals surface area contributed by atoms with Crippen LogP contribution in [0.1, 0.15) is 36.7 Å². The van der Waals surface area contributed by atoms with Crippen LogP contribution in [0.4, 0.5) is 0 Å². The van der Waals surface area contributed by atoms with E-state index >= 15 is 0 Å². The maximum Gasteiger partial charge on any atom is 0.209 e. The van der Waals surface area contributed by atoms with E-state index in [1.54, 1.807) is 24.2 Å². The third-order valence-corrected chi connectivity index (χ3v) is 4.97. The minimum absolute atomic E-state index is 0.287. The average Bonchev–Trinajstić information content (AvgIpc) is 3.01. The number of hydrogen-bond acceptors (Lipinski definition) is 6. The Morgan fingerprint density at radius 3 is 2.50 bits per heavy atom.